The number of piperidine rings is 1. The molecule has 0 unspecified atom stereocenters. The van der Waals surface area contributed by atoms with Gasteiger partial charge in [-0.1, -0.05) is 19.9 Å². The minimum absolute atomic E-state index is 0.167. The smallest absolute Gasteiger partial charge is 0.315 e. The summed E-state index contributed by atoms with van der Waals surface area (Å²) >= 11 is 0. The maximum absolute atomic E-state index is 11.6. The molecule has 0 saturated carbocycles. The quantitative estimate of drug-likeness (QED) is 0.507. The fourth-order valence-corrected chi connectivity index (χ4v) is 4.75. The van der Waals surface area contributed by atoms with Gasteiger partial charge in [-0.15, -0.1) is 0 Å². The molecule has 0 aliphatic carbocycles. The van der Waals surface area contributed by atoms with E-state index in [1.807, 2.05) is 6.07 Å². The number of hydrogen-bond acceptors (Lipinski definition) is 3. The summed E-state index contributed by atoms with van der Waals surface area (Å²) in [5.74, 6) is 1.58. The number of fused-ring (bicyclic) bond motifs is 2. The van der Waals surface area contributed by atoms with Crippen molar-refractivity contribution in [3.05, 3.63) is 53.1 Å². The van der Waals surface area contributed by atoms with Crippen LogP contribution in [0.4, 0.5) is 0 Å². The fourth-order valence-electron chi connectivity index (χ4n) is 4.75. The molecule has 1 saturated heterocycles. The van der Waals surface area contributed by atoms with Gasteiger partial charge in [0.2, 0.25) is 0 Å². The Kier molecular flexibility index (Phi) is 4.24. The second kappa shape index (κ2) is 6.78. The first-order chi connectivity index (χ1) is 13.6. The summed E-state index contributed by atoms with van der Waals surface area (Å²) in [6, 6.07) is 13.0. The summed E-state index contributed by atoms with van der Waals surface area (Å²) in [5, 5.41) is 4.79. The number of ether oxygens (including phenoxy) is 1. The molecule has 0 atom stereocenters. The number of aromatic amines is 1. The first-order valence-corrected chi connectivity index (χ1v) is 10.3. The van der Waals surface area contributed by atoms with Crippen LogP contribution >= 0.6 is 0 Å². The van der Waals surface area contributed by atoms with Gasteiger partial charge in [-0.05, 0) is 84.8 Å². The third-order valence-electron chi connectivity index (χ3n) is 6.16. The first-order valence-electron chi connectivity index (χ1n) is 10.3. The van der Waals surface area contributed by atoms with Crippen LogP contribution in [0.2, 0.25) is 0 Å². The molecule has 2 N–H and O–H groups in total. The van der Waals surface area contributed by atoms with Crippen molar-refractivity contribution < 1.29 is 9.53 Å². The lowest BCUT2D eigenvalue weighted by Gasteiger charge is -2.23. The molecule has 2 aliphatic rings. The summed E-state index contributed by atoms with van der Waals surface area (Å²) in [4.78, 5) is 15.3. The average molecular weight is 374 g/mol. The number of carbonyl (C=O) groups is 1. The van der Waals surface area contributed by atoms with Gasteiger partial charge in [0, 0.05) is 22.2 Å². The van der Waals surface area contributed by atoms with Gasteiger partial charge in [0.15, 0.2) is 0 Å². The number of H-pyrrole nitrogens is 1. The summed E-state index contributed by atoms with van der Waals surface area (Å²) < 4.78 is 5.26. The van der Waals surface area contributed by atoms with E-state index in [0.29, 0.717) is 24.0 Å². The van der Waals surface area contributed by atoms with E-state index in [-0.39, 0.29) is 5.97 Å². The largest absolute Gasteiger partial charge is 0.426 e. The van der Waals surface area contributed by atoms with Crippen molar-refractivity contribution in [2.45, 2.75) is 44.9 Å². The average Bonchev–Trinajstić information content (AvgIpc) is 3.26. The molecule has 0 bridgehead atoms. The molecular weight excluding hydrogens is 348 g/mol. The van der Waals surface area contributed by atoms with Gasteiger partial charge < -0.3 is 15.0 Å². The number of carbonyl (C=O) groups excluding carboxylic acids is 1. The first kappa shape index (κ1) is 17.5. The number of nitrogens with one attached hydrogen (secondary N) is 2. The molecule has 144 valence electrons. The molecule has 3 heterocycles. The van der Waals surface area contributed by atoms with Crippen LogP contribution in [0.5, 0.6) is 5.75 Å². The van der Waals surface area contributed by atoms with Gasteiger partial charge >= 0.3 is 5.97 Å². The highest BCUT2D eigenvalue weighted by molar-refractivity contribution is 5.92. The van der Waals surface area contributed by atoms with Crippen molar-refractivity contribution in [1.82, 2.24) is 10.3 Å². The number of hydrogen-bond donors (Lipinski definition) is 2. The van der Waals surface area contributed by atoms with Crippen LogP contribution in [0.1, 0.15) is 55.2 Å². The van der Waals surface area contributed by atoms with E-state index in [1.165, 1.54) is 34.9 Å². The monoisotopic (exact) mass is 374 g/mol. The predicted octanol–water partition coefficient (Wildman–Crippen LogP) is 4.89. The van der Waals surface area contributed by atoms with Crippen LogP contribution in [0.15, 0.2) is 36.4 Å². The topological polar surface area (TPSA) is 54.1 Å². The van der Waals surface area contributed by atoms with Crippen molar-refractivity contribution >= 4 is 16.9 Å². The summed E-state index contributed by atoms with van der Waals surface area (Å²) in [6.45, 7) is 6.72. The molecule has 0 spiro atoms. The van der Waals surface area contributed by atoms with Crippen LogP contribution in [0.3, 0.4) is 0 Å². The van der Waals surface area contributed by atoms with E-state index in [2.05, 4.69) is 54.5 Å². The van der Waals surface area contributed by atoms with Crippen molar-refractivity contribution in [2.75, 3.05) is 13.1 Å². The second-order valence-corrected chi connectivity index (χ2v) is 8.37. The highest BCUT2D eigenvalue weighted by Gasteiger charge is 2.23. The van der Waals surface area contributed by atoms with Crippen LogP contribution in [0.25, 0.3) is 22.2 Å². The van der Waals surface area contributed by atoms with E-state index < -0.39 is 0 Å². The standard InChI is InChI=1S/C24H26N2O2/c1-14(2)23-19-12-16(15-7-9-25-10-8-15)3-5-20(19)26-24(23)17-4-6-21-18(11-17)13-22(27)28-21/h3-6,11-12,14-15,25-26H,7-10,13H2,1-2H3. The lowest BCUT2D eigenvalue weighted by atomic mass is 9.88. The van der Waals surface area contributed by atoms with Crippen LogP contribution < -0.4 is 10.1 Å². The maximum Gasteiger partial charge on any atom is 0.315 e. The minimum Gasteiger partial charge on any atom is -0.426 e. The molecule has 1 fully saturated rings. The molecule has 2 aromatic carbocycles. The van der Waals surface area contributed by atoms with Gasteiger partial charge in [-0.2, -0.15) is 0 Å². The number of aromatic nitrogens is 1. The zero-order chi connectivity index (χ0) is 19.3. The molecular formula is C24H26N2O2. The predicted molar refractivity (Wildman–Crippen MR) is 112 cm³/mol. The number of benzene rings is 2. The zero-order valence-corrected chi connectivity index (χ0v) is 16.5. The van der Waals surface area contributed by atoms with E-state index in [4.69, 9.17) is 4.74 Å². The van der Waals surface area contributed by atoms with Gasteiger partial charge in [0.1, 0.15) is 5.75 Å². The van der Waals surface area contributed by atoms with E-state index >= 15 is 0 Å². The molecule has 0 amide bonds. The fraction of sp³-hybridized carbons (Fsp3) is 0.375. The highest BCUT2D eigenvalue weighted by atomic mass is 16.5. The van der Waals surface area contributed by atoms with Gasteiger partial charge in [-0.3, -0.25) is 4.79 Å². The molecule has 2 aliphatic heterocycles. The zero-order valence-electron chi connectivity index (χ0n) is 16.5. The van der Waals surface area contributed by atoms with Gasteiger partial charge in [0.05, 0.1) is 6.42 Å². The summed E-state index contributed by atoms with van der Waals surface area (Å²) in [6.07, 6.45) is 2.78. The van der Waals surface area contributed by atoms with E-state index in [9.17, 15) is 4.79 Å². The Bertz CT molecular complexity index is 1060. The second-order valence-electron chi connectivity index (χ2n) is 8.37. The van der Waals surface area contributed by atoms with Crippen LogP contribution in [-0.4, -0.2) is 24.0 Å². The lowest BCUT2D eigenvalue weighted by molar-refractivity contribution is -0.131. The van der Waals surface area contributed by atoms with Gasteiger partial charge in [-0.25, -0.2) is 0 Å². The number of esters is 1. The third kappa shape index (κ3) is 2.92. The Hall–Kier alpha value is -2.59. The van der Waals surface area contributed by atoms with Crippen LogP contribution in [-0.2, 0) is 11.2 Å². The highest BCUT2D eigenvalue weighted by Crippen LogP contribution is 2.39. The van der Waals surface area contributed by atoms with Crippen molar-refractivity contribution in [3.63, 3.8) is 0 Å². The van der Waals surface area contributed by atoms with Crippen molar-refractivity contribution in [3.8, 4) is 17.0 Å². The molecule has 4 nitrogen and oxygen atoms in total. The Labute approximate surface area is 165 Å². The van der Waals surface area contributed by atoms with E-state index in [1.54, 1.807) is 0 Å². The third-order valence-corrected chi connectivity index (χ3v) is 6.16. The normalized spacial score (nSPS) is 17.3. The van der Waals surface area contributed by atoms with Gasteiger partial charge in [0.25, 0.3) is 0 Å². The number of rotatable bonds is 3. The Morgan fingerprint density at radius 1 is 1.07 bits per heavy atom. The Morgan fingerprint density at radius 3 is 2.68 bits per heavy atom. The Balaban J connectivity index is 1.62. The molecule has 1 aromatic heterocycles. The molecule has 28 heavy (non-hydrogen) atoms. The van der Waals surface area contributed by atoms with Crippen LogP contribution in [0, 0.1) is 0 Å². The molecule has 4 heteroatoms. The van der Waals surface area contributed by atoms with Crippen molar-refractivity contribution in [2.24, 2.45) is 0 Å². The Morgan fingerprint density at radius 2 is 1.89 bits per heavy atom. The summed E-state index contributed by atoms with van der Waals surface area (Å²) in [7, 11) is 0. The van der Waals surface area contributed by atoms with E-state index in [0.717, 1.165) is 29.9 Å². The molecule has 5 rings (SSSR count). The molecule has 3 aromatic rings. The maximum atomic E-state index is 11.6. The summed E-state index contributed by atoms with van der Waals surface area (Å²) in [5.41, 5.74) is 7.26. The molecule has 0 radical (unpaired) electrons. The SMILES string of the molecule is CC(C)c1c(-c2ccc3c(c2)CC(=O)O3)[nH]c2ccc(C3CCNCC3)cc12. The minimum atomic E-state index is -0.167. The lowest BCUT2D eigenvalue weighted by Crippen LogP contribution is -2.26. The van der Waals surface area contributed by atoms with Crippen molar-refractivity contribution in [1.29, 1.82) is 0 Å².